The first-order valence-corrected chi connectivity index (χ1v) is 9.85. The van der Waals surface area contributed by atoms with Crippen LogP contribution in [0.15, 0.2) is 60.7 Å². The van der Waals surface area contributed by atoms with Crippen molar-refractivity contribution < 1.29 is 38.1 Å². The van der Waals surface area contributed by atoms with Crippen molar-refractivity contribution in [1.29, 1.82) is 0 Å². The zero-order valence-corrected chi connectivity index (χ0v) is 17.3. The van der Waals surface area contributed by atoms with Crippen LogP contribution in [0.1, 0.15) is 27.6 Å². The molecule has 0 radical (unpaired) electrons. The topological polar surface area (TPSA) is 97.4 Å². The molecule has 1 heterocycles. The van der Waals surface area contributed by atoms with Crippen molar-refractivity contribution in [3.8, 4) is 12.3 Å². The van der Waals surface area contributed by atoms with Crippen molar-refractivity contribution in [3.63, 3.8) is 0 Å². The quantitative estimate of drug-likeness (QED) is 0.352. The number of benzene rings is 2. The Kier molecular flexibility index (Phi) is 7.97. The molecule has 0 bridgehead atoms. The normalized spacial score (nSPS) is 21.9. The van der Waals surface area contributed by atoms with Crippen molar-refractivity contribution in [2.24, 2.45) is 0 Å². The van der Waals surface area contributed by atoms with E-state index in [1.54, 1.807) is 60.7 Å². The van der Waals surface area contributed by atoms with Crippen molar-refractivity contribution in [2.45, 2.75) is 31.5 Å². The molecule has 0 unspecified atom stereocenters. The van der Waals surface area contributed by atoms with E-state index in [0.29, 0.717) is 11.1 Å². The largest absolute Gasteiger partial charge is 0.459 e. The summed E-state index contributed by atoms with van der Waals surface area (Å²) in [4.78, 5) is 36.5. The summed E-state index contributed by atoms with van der Waals surface area (Å²) in [7, 11) is 0. The van der Waals surface area contributed by atoms with E-state index < -0.39 is 42.5 Å². The average molecular weight is 438 g/mol. The fourth-order valence-electron chi connectivity index (χ4n) is 3.13. The standard InChI is InChI=1S/C24H22O8/c1-3-14-28-21-20(32-23(27)18-12-8-5-9-13-18)19(31-24(21)30-16(2)25)15-29-22(26)17-10-6-4-7-11-17/h1,4-13,19-21,24H,14-15H2,2H3/t19-,20-,21-,24-/m1/s1. The average Bonchev–Trinajstić information content (AvgIpc) is 3.12. The summed E-state index contributed by atoms with van der Waals surface area (Å²) >= 11 is 0. The Balaban J connectivity index is 1.78. The molecular weight excluding hydrogens is 416 g/mol. The van der Waals surface area contributed by atoms with Gasteiger partial charge in [0, 0.05) is 6.92 Å². The molecule has 0 spiro atoms. The molecule has 0 aromatic heterocycles. The molecule has 0 N–H and O–H groups in total. The van der Waals surface area contributed by atoms with Gasteiger partial charge < -0.3 is 23.7 Å². The molecule has 8 heteroatoms. The van der Waals surface area contributed by atoms with Gasteiger partial charge in [-0.3, -0.25) is 4.79 Å². The highest BCUT2D eigenvalue weighted by Crippen LogP contribution is 2.29. The number of carbonyl (C=O) groups excluding carboxylic acids is 3. The van der Waals surface area contributed by atoms with Crippen LogP contribution in [-0.4, -0.2) is 55.7 Å². The summed E-state index contributed by atoms with van der Waals surface area (Å²) in [6, 6.07) is 16.7. The van der Waals surface area contributed by atoms with Gasteiger partial charge in [0.05, 0.1) is 11.1 Å². The maximum absolute atomic E-state index is 12.7. The van der Waals surface area contributed by atoms with E-state index in [0.717, 1.165) is 0 Å². The first kappa shape index (κ1) is 23.0. The lowest BCUT2D eigenvalue weighted by molar-refractivity contribution is -0.191. The molecule has 4 atom stereocenters. The molecule has 1 aliphatic heterocycles. The Bertz CT molecular complexity index is 966. The maximum Gasteiger partial charge on any atom is 0.338 e. The smallest absolute Gasteiger partial charge is 0.338 e. The Morgan fingerprint density at radius 3 is 2.06 bits per heavy atom. The second kappa shape index (κ2) is 11.1. The molecule has 1 fully saturated rings. The van der Waals surface area contributed by atoms with E-state index in [-0.39, 0.29) is 13.2 Å². The maximum atomic E-state index is 12.7. The van der Waals surface area contributed by atoms with Gasteiger partial charge in [-0.2, -0.15) is 0 Å². The molecular formula is C24H22O8. The second-order valence-electron chi connectivity index (χ2n) is 6.83. The summed E-state index contributed by atoms with van der Waals surface area (Å²) in [5.41, 5.74) is 0.652. The van der Waals surface area contributed by atoms with Gasteiger partial charge in [-0.25, -0.2) is 9.59 Å². The van der Waals surface area contributed by atoms with Gasteiger partial charge >= 0.3 is 17.9 Å². The van der Waals surface area contributed by atoms with Gasteiger partial charge in [-0.05, 0) is 24.3 Å². The van der Waals surface area contributed by atoms with Crippen molar-refractivity contribution in [1.82, 2.24) is 0 Å². The highest BCUT2D eigenvalue weighted by atomic mass is 16.7. The fourth-order valence-corrected chi connectivity index (χ4v) is 3.13. The third-order valence-corrected chi connectivity index (χ3v) is 4.55. The van der Waals surface area contributed by atoms with Crippen molar-refractivity contribution >= 4 is 17.9 Å². The van der Waals surface area contributed by atoms with Crippen LogP contribution in [0.25, 0.3) is 0 Å². The monoisotopic (exact) mass is 438 g/mol. The Morgan fingerprint density at radius 1 is 0.906 bits per heavy atom. The molecule has 2 aromatic rings. The van der Waals surface area contributed by atoms with Gasteiger partial charge in [-0.15, -0.1) is 6.42 Å². The number of carbonyl (C=O) groups is 3. The number of esters is 3. The molecule has 2 aromatic carbocycles. The SMILES string of the molecule is C#CCO[C@H]1[C@H](OC(C)=O)O[C@H](COC(=O)c2ccccc2)[C@H]1OC(=O)c1ccccc1. The molecule has 3 rings (SSSR count). The third kappa shape index (κ3) is 5.94. The van der Waals surface area contributed by atoms with Crippen LogP contribution in [0.2, 0.25) is 0 Å². The van der Waals surface area contributed by atoms with Crippen LogP contribution in [0.5, 0.6) is 0 Å². The number of ether oxygens (including phenoxy) is 5. The van der Waals surface area contributed by atoms with Gasteiger partial charge in [0.2, 0.25) is 6.29 Å². The minimum Gasteiger partial charge on any atom is -0.459 e. The summed E-state index contributed by atoms with van der Waals surface area (Å²) in [5.74, 6) is 0.465. The van der Waals surface area contributed by atoms with Gasteiger partial charge in [0.25, 0.3) is 0 Å². The lowest BCUT2D eigenvalue weighted by Gasteiger charge is -2.23. The van der Waals surface area contributed by atoms with E-state index in [1.807, 2.05) is 0 Å². The second-order valence-corrected chi connectivity index (χ2v) is 6.83. The predicted octanol–water partition coefficient (Wildman–Crippen LogP) is 2.38. The Labute approximate surface area is 185 Å². The fraction of sp³-hybridized carbons (Fsp3) is 0.292. The van der Waals surface area contributed by atoms with Crippen LogP contribution in [0.3, 0.4) is 0 Å². The summed E-state index contributed by atoms with van der Waals surface area (Å²) in [5, 5.41) is 0. The minimum atomic E-state index is -1.20. The minimum absolute atomic E-state index is 0.137. The van der Waals surface area contributed by atoms with Crippen LogP contribution in [0.4, 0.5) is 0 Å². The molecule has 32 heavy (non-hydrogen) atoms. The summed E-state index contributed by atoms with van der Waals surface area (Å²) in [6.45, 7) is 0.797. The van der Waals surface area contributed by atoms with Crippen LogP contribution >= 0.6 is 0 Å². The van der Waals surface area contributed by atoms with E-state index in [9.17, 15) is 14.4 Å². The third-order valence-electron chi connectivity index (χ3n) is 4.55. The molecule has 0 aliphatic carbocycles. The number of hydrogen-bond acceptors (Lipinski definition) is 8. The molecule has 166 valence electrons. The van der Waals surface area contributed by atoms with Gasteiger partial charge in [-0.1, -0.05) is 42.3 Å². The first-order chi connectivity index (χ1) is 15.5. The van der Waals surface area contributed by atoms with Crippen molar-refractivity contribution in [2.75, 3.05) is 13.2 Å². The summed E-state index contributed by atoms with van der Waals surface area (Å²) in [6.07, 6.45) is 1.07. The van der Waals surface area contributed by atoms with E-state index in [2.05, 4.69) is 5.92 Å². The zero-order valence-electron chi connectivity index (χ0n) is 17.3. The van der Waals surface area contributed by atoms with E-state index in [1.165, 1.54) is 6.92 Å². The molecule has 1 aliphatic rings. The zero-order chi connectivity index (χ0) is 22.9. The number of rotatable bonds is 8. The lowest BCUT2D eigenvalue weighted by Crippen LogP contribution is -2.41. The highest BCUT2D eigenvalue weighted by molar-refractivity contribution is 5.90. The number of terminal acetylenes is 1. The molecule has 0 amide bonds. The van der Waals surface area contributed by atoms with Gasteiger partial charge in [0.15, 0.2) is 12.2 Å². The molecule has 8 nitrogen and oxygen atoms in total. The summed E-state index contributed by atoms with van der Waals surface area (Å²) < 4.78 is 27.5. The Hall–Kier alpha value is -3.67. The predicted molar refractivity (Wildman–Crippen MR) is 111 cm³/mol. The first-order valence-electron chi connectivity index (χ1n) is 9.85. The number of hydrogen-bond donors (Lipinski definition) is 0. The van der Waals surface area contributed by atoms with E-state index in [4.69, 9.17) is 30.1 Å². The Morgan fingerprint density at radius 2 is 1.50 bits per heavy atom. The van der Waals surface area contributed by atoms with E-state index >= 15 is 0 Å². The molecule has 0 saturated carbocycles. The van der Waals surface area contributed by atoms with Gasteiger partial charge in [0.1, 0.15) is 19.3 Å². The van der Waals surface area contributed by atoms with Crippen LogP contribution in [0, 0.1) is 12.3 Å². The lowest BCUT2D eigenvalue weighted by atomic mass is 10.1. The highest BCUT2D eigenvalue weighted by Gasteiger charge is 2.50. The van der Waals surface area contributed by atoms with Crippen molar-refractivity contribution in [3.05, 3.63) is 71.8 Å². The van der Waals surface area contributed by atoms with Crippen LogP contribution < -0.4 is 0 Å². The molecule has 1 saturated heterocycles. The van der Waals surface area contributed by atoms with Crippen LogP contribution in [-0.2, 0) is 28.5 Å².